The van der Waals surface area contributed by atoms with Crippen LogP contribution < -0.4 is 10.0 Å². The number of sulfonamides is 1. The first-order chi connectivity index (χ1) is 13.3. The minimum atomic E-state index is -4.49. The Morgan fingerprint density at radius 1 is 1.21 bits per heavy atom. The van der Waals surface area contributed by atoms with E-state index in [1.165, 1.54) is 43.1 Å². The summed E-state index contributed by atoms with van der Waals surface area (Å²) in [4.78, 5) is 12.7. The van der Waals surface area contributed by atoms with Gasteiger partial charge in [-0.15, -0.1) is 0 Å². The molecule has 0 fully saturated rings. The number of rotatable bonds is 7. The summed E-state index contributed by atoms with van der Waals surface area (Å²) in [5.41, 5.74) is -0.377. The van der Waals surface area contributed by atoms with Gasteiger partial charge in [0.05, 0.1) is 11.6 Å². The van der Waals surface area contributed by atoms with Gasteiger partial charge in [-0.25, -0.2) is 13.1 Å². The Kier molecular flexibility index (Phi) is 6.79. The van der Waals surface area contributed by atoms with Crippen molar-refractivity contribution < 1.29 is 26.4 Å². The molecule has 1 amide bonds. The smallest absolute Gasteiger partial charge is 0.345 e. The summed E-state index contributed by atoms with van der Waals surface area (Å²) in [7, 11) is -0.953. The highest BCUT2D eigenvalue weighted by Gasteiger charge is 2.31. The standard InChI is InChI=1S/C19H24F3N3O3S/c1-12(2)8-16(13-6-5-7-14(9-13)19(20,21)22)24-18(26)17-10-15(11-25(17)4)29(27,28)23-3/h5-7,9-12,16,23H,8H2,1-4H3,(H,24,26)/t16-/m1/s1. The minimum Gasteiger partial charge on any atom is -0.345 e. The molecular weight excluding hydrogens is 407 g/mol. The fourth-order valence-electron chi connectivity index (χ4n) is 2.94. The van der Waals surface area contributed by atoms with E-state index in [0.717, 1.165) is 12.1 Å². The third-order valence-corrected chi connectivity index (χ3v) is 5.80. The van der Waals surface area contributed by atoms with Gasteiger partial charge in [-0.1, -0.05) is 26.0 Å². The maximum Gasteiger partial charge on any atom is 0.416 e. The predicted molar refractivity (Wildman–Crippen MR) is 103 cm³/mol. The van der Waals surface area contributed by atoms with Crippen molar-refractivity contribution in [1.29, 1.82) is 0 Å². The van der Waals surface area contributed by atoms with E-state index in [1.54, 1.807) is 0 Å². The van der Waals surface area contributed by atoms with Crippen LogP contribution in [0.25, 0.3) is 0 Å². The normalized spacial score (nSPS) is 13.5. The Morgan fingerprint density at radius 3 is 2.41 bits per heavy atom. The van der Waals surface area contributed by atoms with E-state index in [0.29, 0.717) is 12.0 Å². The fraction of sp³-hybridized carbons (Fsp3) is 0.421. The SMILES string of the molecule is CNS(=O)(=O)c1cc(C(=O)N[C@H](CC(C)C)c2cccc(C(F)(F)F)c2)n(C)c1. The Bertz CT molecular complexity index is 982. The molecule has 0 saturated heterocycles. The van der Waals surface area contributed by atoms with Crippen LogP contribution in [-0.4, -0.2) is 25.9 Å². The molecule has 2 N–H and O–H groups in total. The molecular formula is C19H24F3N3O3S. The van der Waals surface area contributed by atoms with Crippen LogP contribution in [0.3, 0.4) is 0 Å². The van der Waals surface area contributed by atoms with Gasteiger partial charge in [-0.2, -0.15) is 13.2 Å². The van der Waals surface area contributed by atoms with Gasteiger partial charge >= 0.3 is 6.18 Å². The second kappa shape index (κ2) is 8.58. The monoisotopic (exact) mass is 431 g/mol. The average Bonchev–Trinajstić information content (AvgIpc) is 3.03. The molecule has 0 aliphatic rings. The summed E-state index contributed by atoms with van der Waals surface area (Å²) in [6, 6.07) is 5.39. The lowest BCUT2D eigenvalue weighted by Gasteiger charge is -2.22. The van der Waals surface area contributed by atoms with Crippen LogP contribution in [0.2, 0.25) is 0 Å². The predicted octanol–water partition coefficient (Wildman–Crippen LogP) is 3.47. The van der Waals surface area contributed by atoms with Crippen molar-refractivity contribution in [2.75, 3.05) is 7.05 Å². The van der Waals surface area contributed by atoms with E-state index in [2.05, 4.69) is 10.0 Å². The largest absolute Gasteiger partial charge is 0.416 e. The number of carbonyl (C=O) groups is 1. The van der Waals surface area contributed by atoms with Crippen molar-refractivity contribution in [3.63, 3.8) is 0 Å². The van der Waals surface area contributed by atoms with Gasteiger partial charge in [-0.05, 0) is 43.1 Å². The zero-order valence-electron chi connectivity index (χ0n) is 16.5. The third kappa shape index (κ3) is 5.60. The quantitative estimate of drug-likeness (QED) is 0.705. The molecule has 0 spiro atoms. The minimum absolute atomic E-state index is 0.0767. The van der Waals surface area contributed by atoms with Crippen molar-refractivity contribution in [2.24, 2.45) is 13.0 Å². The van der Waals surface area contributed by atoms with Crippen molar-refractivity contribution >= 4 is 15.9 Å². The van der Waals surface area contributed by atoms with Crippen LogP contribution >= 0.6 is 0 Å². The highest BCUT2D eigenvalue weighted by atomic mass is 32.2. The number of aromatic nitrogens is 1. The van der Waals surface area contributed by atoms with Gasteiger partial charge in [-0.3, -0.25) is 4.79 Å². The number of amides is 1. The molecule has 0 radical (unpaired) electrons. The number of hydrogen-bond acceptors (Lipinski definition) is 3. The van der Waals surface area contributed by atoms with Crippen LogP contribution in [0.15, 0.2) is 41.4 Å². The number of alkyl halides is 3. The van der Waals surface area contributed by atoms with E-state index in [-0.39, 0.29) is 16.5 Å². The summed E-state index contributed by atoms with van der Waals surface area (Å²) in [6.07, 6.45) is -2.78. The van der Waals surface area contributed by atoms with E-state index in [9.17, 15) is 26.4 Å². The van der Waals surface area contributed by atoms with Crippen LogP contribution in [0.1, 0.15) is 47.9 Å². The highest BCUT2D eigenvalue weighted by Crippen LogP contribution is 2.32. The summed E-state index contributed by atoms with van der Waals surface area (Å²) in [5, 5.41) is 2.74. The Labute approximate surface area is 168 Å². The van der Waals surface area contributed by atoms with Gasteiger partial charge in [0, 0.05) is 13.2 Å². The molecule has 1 atom stereocenters. The third-order valence-electron chi connectivity index (χ3n) is 4.42. The molecule has 0 bridgehead atoms. The molecule has 160 valence electrons. The first-order valence-corrected chi connectivity index (χ1v) is 10.4. The van der Waals surface area contributed by atoms with E-state index >= 15 is 0 Å². The van der Waals surface area contributed by atoms with E-state index in [1.807, 2.05) is 13.8 Å². The fourth-order valence-corrected chi connectivity index (χ4v) is 3.74. The molecule has 0 aliphatic carbocycles. The Morgan fingerprint density at radius 2 is 1.86 bits per heavy atom. The van der Waals surface area contributed by atoms with Gasteiger partial charge < -0.3 is 9.88 Å². The lowest BCUT2D eigenvalue weighted by molar-refractivity contribution is -0.137. The van der Waals surface area contributed by atoms with Crippen LogP contribution in [0, 0.1) is 5.92 Å². The molecule has 29 heavy (non-hydrogen) atoms. The van der Waals surface area contributed by atoms with E-state index < -0.39 is 33.7 Å². The molecule has 2 rings (SSSR count). The number of aryl methyl sites for hydroxylation is 1. The van der Waals surface area contributed by atoms with Gasteiger partial charge in [0.1, 0.15) is 10.6 Å². The number of benzene rings is 1. The number of halogens is 3. The van der Waals surface area contributed by atoms with Gasteiger partial charge in [0.2, 0.25) is 10.0 Å². The molecule has 6 nitrogen and oxygen atoms in total. The molecule has 0 saturated carbocycles. The Hall–Kier alpha value is -2.33. The van der Waals surface area contributed by atoms with Crippen LogP contribution in [-0.2, 0) is 23.2 Å². The number of hydrogen-bond donors (Lipinski definition) is 2. The zero-order chi connectivity index (χ0) is 22.0. The van der Waals surface area contributed by atoms with Crippen LogP contribution in [0.5, 0.6) is 0 Å². The van der Waals surface area contributed by atoms with Crippen molar-refractivity contribution in [2.45, 2.75) is 37.4 Å². The van der Waals surface area contributed by atoms with Crippen molar-refractivity contribution in [1.82, 2.24) is 14.6 Å². The lowest BCUT2D eigenvalue weighted by atomic mass is 9.95. The highest BCUT2D eigenvalue weighted by molar-refractivity contribution is 7.89. The molecule has 2 aromatic rings. The second-order valence-corrected chi connectivity index (χ2v) is 9.04. The summed E-state index contributed by atoms with van der Waals surface area (Å²) >= 11 is 0. The topological polar surface area (TPSA) is 80.2 Å². The van der Waals surface area contributed by atoms with Crippen molar-refractivity contribution in [3.8, 4) is 0 Å². The number of nitrogens with one attached hydrogen (secondary N) is 2. The first kappa shape index (κ1) is 23.0. The number of carbonyl (C=O) groups excluding carboxylic acids is 1. The maximum atomic E-state index is 13.1. The summed E-state index contributed by atoms with van der Waals surface area (Å²) in [6.45, 7) is 3.79. The summed E-state index contributed by atoms with van der Waals surface area (Å²) < 4.78 is 66.6. The first-order valence-electron chi connectivity index (χ1n) is 8.93. The van der Waals surface area contributed by atoms with Gasteiger partial charge in [0.15, 0.2) is 0 Å². The molecule has 1 aromatic carbocycles. The average molecular weight is 431 g/mol. The zero-order valence-corrected chi connectivity index (χ0v) is 17.4. The van der Waals surface area contributed by atoms with Gasteiger partial charge in [0.25, 0.3) is 5.91 Å². The van der Waals surface area contributed by atoms with Crippen molar-refractivity contribution in [3.05, 3.63) is 53.3 Å². The maximum absolute atomic E-state index is 13.1. The molecule has 0 unspecified atom stereocenters. The lowest BCUT2D eigenvalue weighted by Crippen LogP contribution is -2.31. The second-order valence-electron chi connectivity index (χ2n) is 7.16. The molecule has 1 heterocycles. The Balaban J connectivity index is 2.36. The van der Waals surface area contributed by atoms with Crippen LogP contribution in [0.4, 0.5) is 13.2 Å². The number of nitrogens with zero attached hydrogens (tertiary/aromatic N) is 1. The molecule has 1 aromatic heterocycles. The van der Waals surface area contributed by atoms with E-state index in [4.69, 9.17) is 0 Å². The molecule has 0 aliphatic heterocycles. The molecule has 10 heteroatoms. The summed E-state index contributed by atoms with van der Waals surface area (Å²) in [5.74, 6) is -0.475.